The van der Waals surface area contributed by atoms with Crippen LogP contribution in [0.25, 0.3) is 0 Å². The lowest BCUT2D eigenvalue weighted by Gasteiger charge is -2.15. The van der Waals surface area contributed by atoms with Gasteiger partial charge in [-0.15, -0.1) is 0 Å². The molecule has 17 heavy (non-hydrogen) atoms. The average molecular weight is 234 g/mol. The summed E-state index contributed by atoms with van der Waals surface area (Å²) in [7, 11) is 0. The summed E-state index contributed by atoms with van der Waals surface area (Å²) in [5, 5.41) is 3.41. The Morgan fingerprint density at radius 2 is 2.12 bits per heavy atom. The van der Waals surface area contributed by atoms with E-state index in [4.69, 9.17) is 5.73 Å². The van der Waals surface area contributed by atoms with Crippen molar-refractivity contribution in [2.75, 3.05) is 12.3 Å². The molecule has 1 aromatic rings. The third kappa shape index (κ3) is 2.29. The Morgan fingerprint density at radius 1 is 1.35 bits per heavy atom. The van der Waals surface area contributed by atoms with E-state index < -0.39 is 0 Å². The predicted octanol–water partition coefficient (Wildman–Crippen LogP) is 2.69. The monoisotopic (exact) mass is 234 g/mol. The number of rotatable bonds is 5. The second-order valence-corrected chi connectivity index (χ2v) is 5.59. The molecule has 1 aromatic carbocycles. The van der Waals surface area contributed by atoms with Crippen LogP contribution in [0.15, 0.2) is 18.2 Å². The van der Waals surface area contributed by atoms with Crippen molar-refractivity contribution in [3.05, 3.63) is 29.6 Å². The second kappa shape index (κ2) is 3.98. The lowest BCUT2D eigenvalue weighted by molar-refractivity contribution is 0.401. The number of nitrogen functional groups attached to an aromatic ring is 1. The van der Waals surface area contributed by atoms with Crippen LogP contribution in [0, 0.1) is 17.2 Å². The van der Waals surface area contributed by atoms with Crippen LogP contribution in [-0.2, 0) is 6.54 Å². The van der Waals surface area contributed by atoms with Gasteiger partial charge >= 0.3 is 0 Å². The Kier molecular flexibility index (Phi) is 2.58. The fourth-order valence-corrected chi connectivity index (χ4v) is 2.74. The smallest absolute Gasteiger partial charge is 0.129 e. The maximum Gasteiger partial charge on any atom is 0.129 e. The van der Waals surface area contributed by atoms with E-state index in [1.807, 2.05) is 0 Å². The zero-order valence-electron chi connectivity index (χ0n) is 10.0. The Balaban J connectivity index is 1.53. The lowest BCUT2D eigenvalue weighted by Crippen LogP contribution is -2.25. The lowest BCUT2D eigenvalue weighted by atomic mass is 10.0. The van der Waals surface area contributed by atoms with E-state index in [1.165, 1.54) is 31.7 Å². The zero-order valence-corrected chi connectivity index (χ0v) is 10.0. The Bertz CT molecular complexity index is 422. The Morgan fingerprint density at radius 3 is 2.71 bits per heavy atom. The topological polar surface area (TPSA) is 38.0 Å². The number of hydrogen-bond acceptors (Lipinski definition) is 2. The molecule has 2 aliphatic carbocycles. The van der Waals surface area contributed by atoms with E-state index in [2.05, 4.69) is 5.32 Å². The molecular weight excluding hydrogens is 215 g/mol. The van der Waals surface area contributed by atoms with E-state index >= 15 is 0 Å². The molecular formula is C14H19FN2. The largest absolute Gasteiger partial charge is 0.399 e. The minimum absolute atomic E-state index is 0.200. The third-order valence-electron chi connectivity index (χ3n) is 4.21. The van der Waals surface area contributed by atoms with Gasteiger partial charge in [0.1, 0.15) is 5.82 Å². The van der Waals surface area contributed by atoms with Crippen molar-refractivity contribution in [2.45, 2.75) is 32.2 Å². The molecule has 2 saturated carbocycles. The van der Waals surface area contributed by atoms with E-state index in [-0.39, 0.29) is 5.82 Å². The van der Waals surface area contributed by atoms with Gasteiger partial charge in [0.2, 0.25) is 0 Å². The number of halogens is 1. The summed E-state index contributed by atoms with van der Waals surface area (Å²) in [6.07, 6.45) is 5.51. The van der Waals surface area contributed by atoms with E-state index in [0.29, 0.717) is 23.2 Å². The molecule has 0 heterocycles. The van der Waals surface area contributed by atoms with Crippen LogP contribution in [-0.4, -0.2) is 6.54 Å². The van der Waals surface area contributed by atoms with Gasteiger partial charge in [-0.3, -0.25) is 0 Å². The summed E-state index contributed by atoms with van der Waals surface area (Å²) in [5.74, 6) is 0.750. The van der Waals surface area contributed by atoms with Crippen molar-refractivity contribution >= 4 is 5.69 Å². The molecule has 0 spiro atoms. The molecule has 2 fully saturated rings. The van der Waals surface area contributed by atoms with Crippen molar-refractivity contribution in [2.24, 2.45) is 11.3 Å². The summed E-state index contributed by atoms with van der Waals surface area (Å²) in [6, 6.07) is 4.92. The molecule has 0 saturated heterocycles. The van der Waals surface area contributed by atoms with Gasteiger partial charge in [0.05, 0.1) is 0 Å². The van der Waals surface area contributed by atoms with E-state index in [9.17, 15) is 4.39 Å². The van der Waals surface area contributed by atoms with Crippen molar-refractivity contribution in [1.29, 1.82) is 0 Å². The average Bonchev–Trinajstić information content (AvgIpc) is 3.14. The van der Waals surface area contributed by atoms with Crippen molar-refractivity contribution in [1.82, 2.24) is 5.32 Å². The van der Waals surface area contributed by atoms with Gasteiger partial charge in [0.15, 0.2) is 0 Å². The second-order valence-electron chi connectivity index (χ2n) is 5.59. The maximum absolute atomic E-state index is 13.5. The summed E-state index contributed by atoms with van der Waals surface area (Å²) in [5.41, 5.74) is 7.30. The fraction of sp³-hybridized carbons (Fsp3) is 0.571. The minimum atomic E-state index is -0.200. The fourth-order valence-electron chi connectivity index (χ4n) is 2.74. The quantitative estimate of drug-likeness (QED) is 0.769. The SMILES string of the molecule is Nc1ccc(CNCC2(C3CC3)CC2)c(F)c1. The molecule has 2 nitrogen and oxygen atoms in total. The summed E-state index contributed by atoms with van der Waals surface area (Å²) in [6.45, 7) is 1.65. The molecule has 3 N–H and O–H groups in total. The van der Waals surface area contributed by atoms with E-state index in [1.54, 1.807) is 12.1 Å². The van der Waals surface area contributed by atoms with E-state index in [0.717, 1.165) is 12.5 Å². The van der Waals surface area contributed by atoms with Crippen LogP contribution in [0.3, 0.4) is 0 Å². The maximum atomic E-state index is 13.5. The van der Waals surface area contributed by atoms with Crippen LogP contribution in [0.4, 0.5) is 10.1 Å². The molecule has 0 bridgehead atoms. The molecule has 0 atom stereocenters. The molecule has 0 amide bonds. The van der Waals surface area contributed by atoms with Crippen LogP contribution >= 0.6 is 0 Å². The van der Waals surface area contributed by atoms with Gasteiger partial charge < -0.3 is 11.1 Å². The first-order chi connectivity index (χ1) is 8.20. The van der Waals surface area contributed by atoms with Crippen molar-refractivity contribution in [3.63, 3.8) is 0 Å². The Hall–Kier alpha value is -1.09. The Labute approximate surface area is 101 Å². The standard InChI is InChI=1S/C14H19FN2/c15-13-7-12(16)4-1-10(13)8-17-9-14(5-6-14)11-2-3-11/h1,4,7,11,17H,2-3,5-6,8-9,16H2. The summed E-state index contributed by atoms with van der Waals surface area (Å²) >= 11 is 0. The van der Waals surface area contributed by atoms with Gasteiger partial charge in [0, 0.05) is 24.3 Å². The first kappa shape index (κ1) is 11.0. The molecule has 0 aliphatic heterocycles. The number of nitrogens with one attached hydrogen (secondary N) is 1. The first-order valence-corrected chi connectivity index (χ1v) is 6.44. The highest BCUT2D eigenvalue weighted by atomic mass is 19.1. The minimum Gasteiger partial charge on any atom is -0.399 e. The first-order valence-electron chi connectivity index (χ1n) is 6.44. The van der Waals surface area contributed by atoms with Crippen LogP contribution in [0.5, 0.6) is 0 Å². The van der Waals surface area contributed by atoms with Crippen LogP contribution < -0.4 is 11.1 Å². The van der Waals surface area contributed by atoms with Crippen LogP contribution in [0.2, 0.25) is 0 Å². The van der Waals surface area contributed by atoms with Crippen molar-refractivity contribution in [3.8, 4) is 0 Å². The van der Waals surface area contributed by atoms with Gasteiger partial charge in [-0.25, -0.2) is 4.39 Å². The molecule has 0 unspecified atom stereocenters. The van der Waals surface area contributed by atoms with Crippen molar-refractivity contribution < 1.29 is 4.39 Å². The molecule has 0 radical (unpaired) electrons. The highest BCUT2D eigenvalue weighted by molar-refractivity contribution is 5.40. The third-order valence-corrected chi connectivity index (χ3v) is 4.21. The molecule has 3 heteroatoms. The highest BCUT2D eigenvalue weighted by Gasteiger charge is 2.53. The number of nitrogens with two attached hydrogens (primary N) is 1. The number of benzene rings is 1. The van der Waals surface area contributed by atoms with Gasteiger partial charge in [-0.05, 0) is 49.1 Å². The van der Waals surface area contributed by atoms with Gasteiger partial charge in [0.25, 0.3) is 0 Å². The summed E-state index contributed by atoms with van der Waals surface area (Å²) < 4.78 is 13.5. The summed E-state index contributed by atoms with van der Waals surface area (Å²) in [4.78, 5) is 0. The highest BCUT2D eigenvalue weighted by Crippen LogP contribution is 2.60. The van der Waals surface area contributed by atoms with Gasteiger partial charge in [-0.1, -0.05) is 6.07 Å². The molecule has 2 aliphatic rings. The predicted molar refractivity (Wildman–Crippen MR) is 66.9 cm³/mol. The molecule has 3 rings (SSSR count). The van der Waals surface area contributed by atoms with Crippen LogP contribution in [0.1, 0.15) is 31.2 Å². The molecule has 0 aromatic heterocycles. The number of hydrogen-bond donors (Lipinski definition) is 2. The number of anilines is 1. The molecule has 92 valence electrons. The normalized spacial score (nSPS) is 21.5. The zero-order chi connectivity index (χ0) is 11.9. The van der Waals surface area contributed by atoms with Gasteiger partial charge in [-0.2, -0.15) is 0 Å².